The minimum Gasteiger partial charge on any atom is -0.479 e. The van der Waals surface area contributed by atoms with E-state index >= 15 is 0 Å². The molecule has 9 bridgehead atoms. The Balaban J connectivity index is 1.11. The molecule has 0 aliphatic carbocycles. The Morgan fingerprint density at radius 2 is 1.57 bits per heavy atom. The number of aliphatic hydroxyl groups excluding tert-OH is 5. The largest absolute Gasteiger partial charge is 0.479 e. The zero-order valence-corrected chi connectivity index (χ0v) is 42.4. The lowest BCUT2D eigenvalue weighted by atomic mass is 9.76. The molecule has 0 aromatic heterocycles. The Morgan fingerprint density at radius 1 is 0.829 bits per heavy atom. The van der Waals surface area contributed by atoms with E-state index in [1.165, 1.54) is 0 Å². The van der Waals surface area contributed by atoms with Crippen molar-refractivity contribution >= 4 is 23.5 Å². The topological polar surface area (TPSA) is 239 Å². The molecule has 21 atom stereocenters. The van der Waals surface area contributed by atoms with Gasteiger partial charge in [0.2, 0.25) is 0 Å². The quantitative estimate of drug-likeness (QED) is 0.0992. The van der Waals surface area contributed by atoms with Crippen LogP contribution in [0.5, 0.6) is 0 Å². The molecule has 2 unspecified atom stereocenters. The van der Waals surface area contributed by atoms with Crippen LogP contribution in [0.3, 0.4) is 0 Å². The highest BCUT2D eigenvalue weighted by atomic mass is 35.5. The third-order valence-corrected chi connectivity index (χ3v) is 16.7. The van der Waals surface area contributed by atoms with Crippen molar-refractivity contribution in [2.45, 2.75) is 238 Å². The molecular weight excluding hydrogens is 932 g/mol. The summed E-state index contributed by atoms with van der Waals surface area (Å²) in [6.45, 7) is 6.09. The van der Waals surface area contributed by atoms with E-state index in [4.69, 9.17) is 59.3 Å². The molecule has 398 valence electrons. The van der Waals surface area contributed by atoms with E-state index in [-0.39, 0.29) is 69.2 Å². The molecule has 0 amide bonds. The van der Waals surface area contributed by atoms with Crippen molar-refractivity contribution in [3.63, 3.8) is 0 Å². The van der Waals surface area contributed by atoms with E-state index in [9.17, 15) is 35.1 Å². The number of aliphatic hydroxyl groups is 5. The first-order valence-corrected chi connectivity index (χ1v) is 26.3. The number of carbonyl (C=O) groups is 2. The fourth-order valence-corrected chi connectivity index (χ4v) is 12.3. The molecule has 8 aliphatic heterocycles. The van der Waals surface area contributed by atoms with Crippen molar-refractivity contribution < 1.29 is 82.9 Å². The van der Waals surface area contributed by atoms with Gasteiger partial charge in [0.05, 0.1) is 78.9 Å². The van der Waals surface area contributed by atoms with E-state index in [2.05, 4.69) is 0 Å². The number of carbonyl (C=O) groups excluding carboxylic acids is 1. The molecule has 0 radical (unpaired) electrons. The molecule has 8 rings (SSSR count). The zero-order chi connectivity index (χ0) is 50.4. The number of allylic oxidation sites excluding steroid dienone is 2. The average Bonchev–Trinajstić information content (AvgIpc) is 3.67. The van der Waals surface area contributed by atoms with E-state index in [0.29, 0.717) is 64.2 Å². The van der Waals surface area contributed by atoms with Gasteiger partial charge in [0.1, 0.15) is 24.4 Å². The molecule has 6 N–H and O–H groups in total. The average molecular weight is 1010 g/mol. The van der Waals surface area contributed by atoms with Crippen LogP contribution in [-0.4, -0.2) is 171 Å². The van der Waals surface area contributed by atoms with Crippen LogP contribution in [-0.2, 0) is 52.2 Å². The van der Waals surface area contributed by atoms with Crippen molar-refractivity contribution in [3.8, 4) is 0 Å². The first-order valence-electron chi connectivity index (χ1n) is 25.9. The molecule has 0 saturated carbocycles. The van der Waals surface area contributed by atoms with Crippen LogP contribution in [0.1, 0.15) is 130 Å². The second-order valence-electron chi connectivity index (χ2n) is 21.5. The summed E-state index contributed by atoms with van der Waals surface area (Å²) in [6, 6.07) is 0. The summed E-state index contributed by atoms with van der Waals surface area (Å²) < 4.78 is 58.3. The summed E-state index contributed by atoms with van der Waals surface area (Å²) in [5.41, 5.74) is -0.782. The van der Waals surface area contributed by atoms with Crippen molar-refractivity contribution in [2.24, 2.45) is 17.8 Å². The van der Waals surface area contributed by atoms with Gasteiger partial charge in [0.25, 0.3) is 0 Å². The van der Waals surface area contributed by atoms with Crippen LogP contribution >= 0.6 is 11.6 Å². The van der Waals surface area contributed by atoms with Crippen LogP contribution in [0, 0.1) is 17.8 Å². The number of hydrogen-bond acceptors (Lipinski definition) is 16. The summed E-state index contributed by atoms with van der Waals surface area (Å²) in [6.07, 6.45) is 7.44. The summed E-state index contributed by atoms with van der Waals surface area (Å²) in [4.78, 5) is 24.8. The summed E-state index contributed by atoms with van der Waals surface area (Å²) in [5.74, 6) is -4.73. The lowest BCUT2D eigenvalue weighted by Gasteiger charge is -2.53. The minimum atomic E-state index is -1.47. The van der Waals surface area contributed by atoms with Gasteiger partial charge in [0, 0.05) is 58.2 Å². The molecular formula is C52H81ClO17. The molecule has 7 saturated heterocycles. The second kappa shape index (κ2) is 24.5. The number of alkyl halides is 1. The van der Waals surface area contributed by atoms with Gasteiger partial charge in [-0.1, -0.05) is 51.2 Å². The van der Waals surface area contributed by atoms with Crippen molar-refractivity contribution in [2.75, 3.05) is 20.8 Å². The first-order chi connectivity index (χ1) is 33.4. The fourth-order valence-electron chi connectivity index (χ4n) is 12.0. The van der Waals surface area contributed by atoms with E-state index in [0.717, 1.165) is 6.42 Å². The third kappa shape index (κ3) is 13.6. The molecule has 8 aliphatic rings. The molecule has 17 nitrogen and oxygen atoms in total. The van der Waals surface area contributed by atoms with E-state index in [1.807, 2.05) is 45.1 Å². The smallest absolute Gasteiger partial charge is 0.332 e. The summed E-state index contributed by atoms with van der Waals surface area (Å²) in [5, 5.41) is 64.3. The van der Waals surface area contributed by atoms with Crippen molar-refractivity contribution in [1.29, 1.82) is 0 Å². The van der Waals surface area contributed by atoms with Crippen LogP contribution in [0.25, 0.3) is 0 Å². The standard InChI is InChI=1S/C52H81ClO17/c1-30-18-20-51-21-19-40(62-4)48(70-51)47(59)46(58)31(2)16-17-39-45(53)43(63-5)27-50(67-39)26-32(3)52(64-29-50)28-42(38(69-52)15-10-8-6-7-9-14-37(56)49(60)61)66-44(57)25-36-13-11-12-35(65-36)23-33(54)22-34(55)24-41(30)68-51/h7-10,18,20,30-43,45-48,54-56,58-59H,6,11-17,19,21-29H2,1-5H3,(H,60,61)/b9-7-,10-8+/t30-,31-,32-,33-,34-,35-,36+,37?,38-,39+,40-,41+,42-,43+,45+,46-,47-,48-,50-,51-,52?/m0/s1. The number of ether oxygens (including phenoxy) is 9. The molecule has 18 heteroatoms. The van der Waals surface area contributed by atoms with Crippen molar-refractivity contribution in [1.82, 2.24) is 0 Å². The first kappa shape index (κ1) is 55.7. The van der Waals surface area contributed by atoms with Gasteiger partial charge in [-0.15, -0.1) is 11.6 Å². The van der Waals surface area contributed by atoms with E-state index in [1.54, 1.807) is 26.4 Å². The van der Waals surface area contributed by atoms with Crippen molar-refractivity contribution in [3.05, 3.63) is 36.5 Å². The molecule has 7 fully saturated rings. The van der Waals surface area contributed by atoms with E-state index < -0.39 is 114 Å². The lowest BCUT2D eigenvalue weighted by molar-refractivity contribution is -0.327. The molecule has 70 heavy (non-hydrogen) atoms. The van der Waals surface area contributed by atoms with Gasteiger partial charge >= 0.3 is 11.9 Å². The molecule has 8 heterocycles. The molecule has 0 aromatic rings. The van der Waals surface area contributed by atoms with Crippen LogP contribution < -0.4 is 0 Å². The Labute approximate surface area is 418 Å². The number of fused-ring (bicyclic) bond motifs is 12. The van der Waals surface area contributed by atoms with Crippen LogP contribution in [0.4, 0.5) is 0 Å². The number of rotatable bonds is 9. The Bertz CT molecular complexity index is 1800. The summed E-state index contributed by atoms with van der Waals surface area (Å²) >= 11 is 7.11. The second-order valence-corrected chi connectivity index (χ2v) is 22.0. The predicted molar refractivity (Wildman–Crippen MR) is 254 cm³/mol. The van der Waals surface area contributed by atoms with Gasteiger partial charge in [-0.05, 0) is 82.6 Å². The minimum absolute atomic E-state index is 0.00497. The highest BCUT2D eigenvalue weighted by molar-refractivity contribution is 6.21. The van der Waals surface area contributed by atoms with Gasteiger partial charge in [0.15, 0.2) is 17.7 Å². The number of halogens is 1. The SMILES string of the molecule is CO[C@H]1CC[C@]23C=C[C@H](C)[C@@H](C[C@@H](O)C[C@H](O)C[C@@H]4CCC[C@H](CC(=O)O[C@H]5CC6(OC[C@@]7(C[C@@H](OC)[C@H](Cl)[C@@H](CC[C@H](C)[C@H](O)[C@H](O)[C@H]1O2)O7)C[C@@H]6C)O[C@H]5C/C=C/C/C=C\CC(O)C(=O)O)O4)O3. The predicted octanol–water partition coefficient (Wildman–Crippen LogP) is 5.17. The zero-order valence-electron chi connectivity index (χ0n) is 41.6. The highest BCUT2D eigenvalue weighted by Crippen LogP contribution is 2.51. The molecule has 0 aromatic carbocycles. The maximum Gasteiger partial charge on any atom is 0.332 e. The van der Waals surface area contributed by atoms with Crippen LogP contribution in [0.15, 0.2) is 36.5 Å². The number of hydrogen-bond donors (Lipinski definition) is 6. The lowest BCUT2D eigenvalue weighted by Crippen LogP contribution is -2.61. The number of carboxylic acids is 1. The number of carboxylic acid groups (broad SMARTS) is 1. The van der Waals surface area contributed by atoms with Gasteiger partial charge in [-0.25, -0.2) is 4.79 Å². The van der Waals surface area contributed by atoms with Crippen LogP contribution in [0.2, 0.25) is 0 Å². The third-order valence-electron chi connectivity index (χ3n) is 16.1. The highest BCUT2D eigenvalue weighted by Gasteiger charge is 2.60. The number of aliphatic carboxylic acids is 1. The summed E-state index contributed by atoms with van der Waals surface area (Å²) in [7, 11) is 3.19. The fraction of sp³-hybridized carbons (Fsp3) is 0.846. The van der Waals surface area contributed by atoms with Gasteiger partial charge in [-0.2, -0.15) is 0 Å². The Hall–Kier alpha value is -2.07. The maximum absolute atomic E-state index is 13.8. The van der Waals surface area contributed by atoms with Gasteiger partial charge in [-0.3, -0.25) is 4.79 Å². The number of esters is 1. The monoisotopic (exact) mass is 1010 g/mol. The maximum atomic E-state index is 13.8. The molecule has 3 spiro atoms. The Kier molecular flexibility index (Phi) is 19.5. The normalized spacial score (nSPS) is 46.2. The number of methoxy groups -OCH3 is 2. The Morgan fingerprint density at radius 3 is 2.31 bits per heavy atom. The van der Waals surface area contributed by atoms with Gasteiger partial charge < -0.3 is 73.3 Å².